The second kappa shape index (κ2) is 5.71. The molecule has 1 fully saturated rings. The van der Waals surface area contributed by atoms with Crippen molar-refractivity contribution in [2.75, 3.05) is 18.1 Å². The van der Waals surface area contributed by atoms with Crippen molar-refractivity contribution in [3.8, 4) is 0 Å². The SMILES string of the molecule is Cc1ccc(Cl)cc1NC(=O)CN(C1CC1)S(C)(=O)=O. The van der Waals surface area contributed by atoms with E-state index in [0.717, 1.165) is 24.7 Å². The van der Waals surface area contributed by atoms with Gasteiger partial charge in [0.1, 0.15) is 0 Å². The molecule has 1 N–H and O–H groups in total. The lowest BCUT2D eigenvalue weighted by molar-refractivity contribution is -0.116. The third-order valence-corrected chi connectivity index (χ3v) is 4.67. The molecule has 1 aromatic rings. The number of carbonyl (C=O) groups excluding carboxylic acids is 1. The molecule has 0 saturated heterocycles. The summed E-state index contributed by atoms with van der Waals surface area (Å²) in [5.74, 6) is -0.354. The van der Waals surface area contributed by atoms with Gasteiger partial charge in [-0.25, -0.2) is 8.42 Å². The summed E-state index contributed by atoms with van der Waals surface area (Å²) < 4.78 is 24.5. The fourth-order valence-electron chi connectivity index (χ4n) is 1.94. The molecular weight excluding hydrogens is 300 g/mol. The van der Waals surface area contributed by atoms with Crippen molar-refractivity contribution >= 4 is 33.2 Å². The molecular formula is C13H17ClN2O3S. The van der Waals surface area contributed by atoms with E-state index >= 15 is 0 Å². The van der Waals surface area contributed by atoms with Crippen LogP contribution in [0.1, 0.15) is 18.4 Å². The normalized spacial score (nSPS) is 15.4. The van der Waals surface area contributed by atoms with Crippen molar-refractivity contribution in [2.24, 2.45) is 0 Å². The third kappa shape index (κ3) is 3.94. The summed E-state index contributed by atoms with van der Waals surface area (Å²) in [5, 5.41) is 3.23. The van der Waals surface area contributed by atoms with E-state index in [1.54, 1.807) is 18.2 Å². The predicted molar refractivity (Wildman–Crippen MR) is 79.4 cm³/mol. The Morgan fingerprint density at radius 3 is 2.65 bits per heavy atom. The van der Waals surface area contributed by atoms with Gasteiger partial charge in [0.05, 0.1) is 12.8 Å². The highest BCUT2D eigenvalue weighted by molar-refractivity contribution is 7.88. The highest BCUT2D eigenvalue weighted by atomic mass is 35.5. The van der Waals surface area contributed by atoms with Crippen LogP contribution < -0.4 is 5.32 Å². The first-order chi connectivity index (χ1) is 9.27. The number of sulfonamides is 1. The van der Waals surface area contributed by atoms with Gasteiger partial charge in [0.2, 0.25) is 15.9 Å². The molecule has 0 spiro atoms. The summed E-state index contributed by atoms with van der Waals surface area (Å²) in [4.78, 5) is 12.0. The molecule has 0 aliphatic heterocycles. The Hall–Kier alpha value is -1.11. The highest BCUT2D eigenvalue weighted by Gasteiger charge is 2.36. The van der Waals surface area contributed by atoms with E-state index in [4.69, 9.17) is 11.6 Å². The number of carbonyl (C=O) groups is 1. The number of hydrogen-bond acceptors (Lipinski definition) is 3. The van der Waals surface area contributed by atoms with E-state index < -0.39 is 10.0 Å². The third-order valence-electron chi connectivity index (χ3n) is 3.15. The van der Waals surface area contributed by atoms with Gasteiger partial charge in [0.15, 0.2) is 0 Å². The Bertz CT molecular complexity index is 627. The molecule has 20 heavy (non-hydrogen) atoms. The van der Waals surface area contributed by atoms with Gasteiger partial charge in [-0.3, -0.25) is 4.79 Å². The molecule has 0 aromatic heterocycles. The lowest BCUT2D eigenvalue weighted by Crippen LogP contribution is -2.38. The number of nitrogens with zero attached hydrogens (tertiary/aromatic N) is 1. The zero-order valence-corrected chi connectivity index (χ0v) is 13.0. The van der Waals surface area contributed by atoms with Crippen molar-refractivity contribution in [3.05, 3.63) is 28.8 Å². The standard InChI is InChI=1S/C13H17ClN2O3S/c1-9-3-4-10(14)7-12(9)15-13(17)8-16(11-5-6-11)20(2,18)19/h3-4,7,11H,5-6,8H2,1-2H3,(H,15,17). The fourth-order valence-corrected chi connectivity index (χ4v) is 3.22. The van der Waals surface area contributed by atoms with Crippen molar-refractivity contribution in [2.45, 2.75) is 25.8 Å². The van der Waals surface area contributed by atoms with E-state index in [9.17, 15) is 13.2 Å². The number of amides is 1. The highest BCUT2D eigenvalue weighted by Crippen LogP contribution is 2.28. The minimum absolute atomic E-state index is 0.0313. The second-order valence-corrected chi connectivity index (χ2v) is 7.42. The summed E-state index contributed by atoms with van der Waals surface area (Å²) in [6.07, 6.45) is 2.76. The van der Waals surface area contributed by atoms with Gasteiger partial charge in [-0.05, 0) is 37.5 Å². The Kier molecular flexibility index (Phi) is 4.36. The molecule has 0 atom stereocenters. The summed E-state index contributed by atoms with van der Waals surface area (Å²) in [5.41, 5.74) is 1.48. The van der Waals surface area contributed by atoms with Crippen LogP contribution in [-0.2, 0) is 14.8 Å². The quantitative estimate of drug-likeness (QED) is 0.903. The largest absolute Gasteiger partial charge is 0.325 e. The van der Waals surface area contributed by atoms with Crippen LogP contribution in [0, 0.1) is 6.92 Å². The number of halogens is 1. The Labute approximate surface area is 124 Å². The topological polar surface area (TPSA) is 66.5 Å². The molecule has 2 rings (SSSR count). The molecule has 5 nitrogen and oxygen atoms in total. The molecule has 1 aliphatic carbocycles. The van der Waals surface area contributed by atoms with E-state index in [1.165, 1.54) is 4.31 Å². The number of nitrogens with one attached hydrogen (secondary N) is 1. The summed E-state index contributed by atoms with van der Waals surface area (Å²) >= 11 is 5.88. The Morgan fingerprint density at radius 2 is 2.10 bits per heavy atom. The molecule has 7 heteroatoms. The first-order valence-electron chi connectivity index (χ1n) is 6.30. The van der Waals surface area contributed by atoms with Crippen LogP contribution in [0.5, 0.6) is 0 Å². The lowest BCUT2D eigenvalue weighted by atomic mass is 10.2. The van der Waals surface area contributed by atoms with Crippen molar-refractivity contribution in [1.82, 2.24) is 4.31 Å². The number of rotatable bonds is 5. The van der Waals surface area contributed by atoms with E-state index in [1.807, 2.05) is 6.92 Å². The monoisotopic (exact) mass is 316 g/mol. The fraction of sp³-hybridized carbons (Fsp3) is 0.462. The maximum absolute atomic E-state index is 12.0. The zero-order valence-electron chi connectivity index (χ0n) is 11.4. The van der Waals surface area contributed by atoms with E-state index in [0.29, 0.717) is 10.7 Å². The van der Waals surface area contributed by atoms with Crippen molar-refractivity contribution in [3.63, 3.8) is 0 Å². The Morgan fingerprint density at radius 1 is 1.45 bits per heavy atom. The maximum atomic E-state index is 12.0. The molecule has 0 heterocycles. The lowest BCUT2D eigenvalue weighted by Gasteiger charge is -2.19. The zero-order chi connectivity index (χ0) is 14.9. The first-order valence-corrected chi connectivity index (χ1v) is 8.53. The molecule has 110 valence electrons. The average Bonchev–Trinajstić information content (AvgIpc) is 3.13. The van der Waals surface area contributed by atoms with Gasteiger partial charge in [0.25, 0.3) is 0 Å². The molecule has 0 radical (unpaired) electrons. The molecule has 1 aromatic carbocycles. The van der Waals surface area contributed by atoms with Gasteiger partial charge in [0, 0.05) is 16.8 Å². The number of hydrogen-bond donors (Lipinski definition) is 1. The van der Waals surface area contributed by atoms with Gasteiger partial charge >= 0.3 is 0 Å². The number of benzene rings is 1. The molecule has 0 bridgehead atoms. The van der Waals surface area contributed by atoms with Crippen LogP contribution in [0.15, 0.2) is 18.2 Å². The van der Waals surface area contributed by atoms with Crippen LogP contribution in [0.25, 0.3) is 0 Å². The summed E-state index contributed by atoms with van der Waals surface area (Å²) in [6.45, 7) is 1.69. The predicted octanol–water partition coefficient (Wildman–Crippen LogP) is 2.01. The minimum atomic E-state index is -3.36. The smallest absolute Gasteiger partial charge is 0.239 e. The average molecular weight is 317 g/mol. The van der Waals surface area contributed by atoms with Gasteiger partial charge < -0.3 is 5.32 Å². The molecule has 1 saturated carbocycles. The molecule has 1 amide bonds. The van der Waals surface area contributed by atoms with Crippen molar-refractivity contribution in [1.29, 1.82) is 0 Å². The summed E-state index contributed by atoms with van der Waals surface area (Å²) in [7, 11) is -3.36. The number of aryl methyl sites for hydroxylation is 1. The second-order valence-electron chi connectivity index (χ2n) is 5.05. The van der Waals surface area contributed by atoms with Crippen LogP contribution >= 0.6 is 11.6 Å². The van der Waals surface area contributed by atoms with Crippen LogP contribution in [0.2, 0.25) is 5.02 Å². The van der Waals surface area contributed by atoms with Gasteiger partial charge in [-0.15, -0.1) is 0 Å². The first kappa shape index (κ1) is 15.3. The number of anilines is 1. The van der Waals surface area contributed by atoms with Crippen LogP contribution in [0.3, 0.4) is 0 Å². The van der Waals surface area contributed by atoms with Gasteiger partial charge in [-0.1, -0.05) is 17.7 Å². The Balaban J connectivity index is 2.06. The molecule has 0 unspecified atom stereocenters. The summed E-state index contributed by atoms with van der Waals surface area (Å²) in [6, 6.07) is 5.15. The molecule has 1 aliphatic rings. The maximum Gasteiger partial charge on any atom is 0.239 e. The van der Waals surface area contributed by atoms with Crippen LogP contribution in [-0.4, -0.2) is 37.5 Å². The minimum Gasteiger partial charge on any atom is -0.325 e. The van der Waals surface area contributed by atoms with Crippen molar-refractivity contribution < 1.29 is 13.2 Å². The van der Waals surface area contributed by atoms with E-state index in [-0.39, 0.29) is 18.5 Å². The van der Waals surface area contributed by atoms with E-state index in [2.05, 4.69) is 5.32 Å². The van der Waals surface area contributed by atoms with Gasteiger partial charge in [-0.2, -0.15) is 4.31 Å². The van der Waals surface area contributed by atoms with Crippen LogP contribution in [0.4, 0.5) is 5.69 Å².